The lowest BCUT2D eigenvalue weighted by Gasteiger charge is -2.07. The molecule has 1 aromatic heterocycles. The highest BCUT2D eigenvalue weighted by molar-refractivity contribution is 9.10. The molecule has 8 heteroatoms. The molecule has 0 saturated heterocycles. The lowest BCUT2D eigenvalue weighted by Crippen LogP contribution is -2.21. The molecule has 0 unspecified atom stereocenters. The molecule has 150 valence electrons. The first-order valence-electron chi connectivity index (χ1n) is 8.78. The fourth-order valence-electron chi connectivity index (χ4n) is 2.45. The second-order valence-electron chi connectivity index (χ2n) is 6.31. The van der Waals surface area contributed by atoms with Gasteiger partial charge in [0.15, 0.2) is 11.7 Å². The number of thioether (sulfide) groups is 1. The van der Waals surface area contributed by atoms with E-state index < -0.39 is 11.9 Å². The number of halogens is 1. The molecule has 3 rings (SSSR count). The van der Waals surface area contributed by atoms with Crippen molar-refractivity contribution in [3.8, 4) is 11.3 Å². The van der Waals surface area contributed by atoms with E-state index in [9.17, 15) is 9.59 Å². The Balaban J connectivity index is 1.46. The Morgan fingerprint density at radius 3 is 2.83 bits per heavy atom. The van der Waals surface area contributed by atoms with Gasteiger partial charge >= 0.3 is 5.97 Å². The Hall–Kier alpha value is -2.16. The molecule has 3 aromatic rings. The van der Waals surface area contributed by atoms with Gasteiger partial charge in [-0.3, -0.25) is 14.9 Å². The third-order valence-corrected chi connectivity index (χ3v) is 6.31. The highest BCUT2D eigenvalue weighted by Gasteiger charge is 2.12. The van der Waals surface area contributed by atoms with Gasteiger partial charge in [0.25, 0.3) is 5.91 Å². The van der Waals surface area contributed by atoms with E-state index >= 15 is 0 Å². The average molecular weight is 491 g/mol. The van der Waals surface area contributed by atoms with Crippen molar-refractivity contribution >= 4 is 56.0 Å². The van der Waals surface area contributed by atoms with Gasteiger partial charge in [-0.15, -0.1) is 23.1 Å². The van der Waals surface area contributed by atoms with Crippen molar-refractivity contribution in [3.05, 3.63) is 63.4 Å². The number of aryl methyl sites for hydroxylation is 2. The molecule has 1 N–H and O–H groups in total. The molecule has 0 atom stereocenters. The predicted molar refractivity (Wildman–Crippen MR) is 121 cm³/mol. The number of benzene rings is 2. The number of rotatable bonds is 7. The maximum Gasteiger partial charge on any atom is 0.316 e. The first kappa shape index (κ1) is 21.5. The Labute approximate surface area is 186 Å². The van der Waals surface area contributed by atoms with Gasteiger partial charge in [0.1, 0.15) is 0 Å². The summed E-state index contributed by atoms with van der Waals surface area (Å²) in [4.78, 5) is 29.4. The lowest BCUT2D eigenvalue weighted by molar-refractivity contribution is -0.144. The Morgan fingerprint density at radius 2 is 2.03 bits per heavy atom. The van der Waals surface area contributed by atoms with Crippen LogP contribution >= 0.6 is 39.0 Å². The topological polar surface area (TPSA) is 68.3 Å². The van der Waals surface area contributed by atoms with Crippen LogP contribution in [0.4, 0.5) is 5.13 Å². The first-order valence-corrected chi connectivity index (χ1v) is 11.4. The zero-order valence-electron chi connectivity index (χ0n) is 15.9. The van der Waals surface area contributed by atoms with Crippen molar-refractivity contribution in [2.75, 3.05) is 17.7 Å². The number of hydrogen-bond donors (Lipinski definition) is 1. The second-order valence-corrected chi connectivity index (χ2v) is 9.11. The normalized spacial score (nSPS) is 10.6. The van der Waals surface area contributed by atoms with Crippen LogP contribution in [0.1, 0.15) is 11.1 Å². The van der Waals surface area contributed by atoms with Gasteiger partial charge in [-0.1, -0.05) is 45.8 Å². The molecular formula is C21H19BrN2O3S2. The van der Waals surface area contributed by atoms with Gasteiger partial charge in [-0.05, 0) is 37.6 Å². The van der Waals surface area contributed by atoms with Crippen LogP contribution in [-0.4, -0.2) is 29.2 Å². The smallest absolute Gasteiger partial charge is 0.316 e. The summed E-state index contributed by atoms with van der Waals surface area (Å²) in [5, 5.41) is 4.99. The van der Waals surface area contributed by atoms with Crippen LogP contribution in [0.3, 0.4) is 0 Å². The first-order chi connectivity index (χ1) is 13.9. The van der Waals surface area contributed by atoms with Gasteiger partial charge in [-0.2, -0.15) is 0 Å². The number of nitrogens with one attached hydrogen (secondary N) is 1. The molecule has 0 saturated carbocycles. The van der Waals surface area contributed by atoms with E-state index in [0.717, 1.165) is 31.8 Å². The van der Waals surface area contributed by atoms with Crippen molar-refractivity contribution < 1.29 is 14.3 Å². The Bertz CT molecular complexity index is 1040. The summed E-state index contributed by atoms with van der Waals surface area (Å²) in [7, 11) is 0. The largest absolute Gasteiger partial charge is 0.455 e. The number of esters is 1. The van der Waals surface area contributed by atoms with Crippen LogP contribution in [0.5, 0.6) is 0 Å². The number of carbonyl (C=O) groups is 2. The second kappa shape index (κ2) is 10.0. The van der Waals surface area contributed by atoms with Crippen LogP contribution in [-0.2, 0) is 14.3 Å². The molecule has 0 aliphatic rings. The van der Waals surface area contributed by atoms with E-state index in [4.69, 9.17) is 4.74 Å². The third-order valence-electron chi connectivity index (χ3n) is 3.92. The average Bonchev–Trinajstić information content (AvgIpc) is 3.15. The van der Waals surface area contributed by atoms with E-state index in [1.165, 1.54) is 23.1 Å². The van der Waals surface area contributed by atoms with Gasteiger partial charge in [0.05, 0.1) is 11.4 Å². The van der Waals surface area contributed by atoms with Crippen LogP contribution in [0.2, 0.25) is 0 Å². The number of aromatic nitrogens is 1. The van der Waals surface area contributed by atoms with Gasteiger partial charge < -0.3 is 4.74 Å². The molecule has 0 fully saturated rings. The number of nitrogens with zero attached hydrogens (tertiary/aromatic N) is 1. The summed E-state index contributed by atoms with van der Waals surface area (Å²) in [5.74, 6) is -0.688. The van der Waals surface area contributed by atoms with Crippen molar-refractivity contribution in [1.82, 2.24) is 4.98 Å². The van der Waals surface area contributed by atoms with Crippen LogP contribution in [0.15, 0.2) is 57.2 Å². The maximum absolute atomic E-state index is 12.1. The highest BCUT2D eigenvalue weighted by atomic mass is 79.9. The monoisotopic (exact) mass is 490 g/mol. The Kier molecular flexibility index (Phi) is 7.46. The molecule has 0 bridgehead atoms. The molecule has 0 radical (unpaired) electrons. The minimum absolute atomic E-state index is 0.155. The van der Waals surface area contributed by atoms with E-state index in [-0.39, 0.29) is 12.4 Å². The summed E-state index contributed by atoms with van der Waals surface area (Å²) in [6, 6.07) is 13.8. The summed E-state index contributed by atoms with van der Waals surface area (Å²) >= 11 is 6.16. The van der Waals surface area contributed by atoms with Gasteiger partial charge in [0.2, 0.25) is 0 Å². The minimum atomic E-state index is -0.431. The van der Waals surface area contributed by atoms with Gasteiger partial charge in [0, 0.05) is 20.3 Å². The quantitative estimate of drug-likeness (QED) is 0.351. The molecule has 1 amide bonds. The standard InChI is InChI=1S/C21H19BrN2O3S2/c1-13-6-7-14(2)18(8-13)28-12-20(26)27-10-19(25)24-21-23-17(11-29-21)15-4-3-5-16(22)9-15/h3-9,11H,10,12H2,1-2H3,(H,23,24,25). The fraction of sp³-hybridized carbons (Fsp3) is 0.190. The SMILES string of the molecule is Cc1ccc(C)c(SCC(=O)OCC(=O)Nc2nc(-c3cccc(Br)c3)cs2)c1. The zero-order valence-corrected chi connectivity index (χ0v) is 19.1. The number of thiazole rings is 1. The molecule has 0 aliphatic heterocycles. The summed E-state index contributed by atoms with van der Waals surface area (Å²) in [6.45, 7) is 3.67. The highest BCUT2D eigenvalue weighted by Crippen LogP contribution is 2.27. The molecule has 0 spiro atoms. The molecule has 1 heterocycles. The molecular weight excluding hydrogens is 472 g/mol. The van der Waals surface area contributed by atoms with E-state index in [0.29, 0.717) is 5.13 Å². The van der Waals surface area contributed by atoms with Crippen molar-refractivity contribution in [2.24, 2.45) is 0 Å². The Morgan fingerprint density at radius 1 is 1.21 bits per heavy atom. The molecule has 29 heavy (non-hydrogen) atoms. The van der Waals surface area contributed by atoms with E-state index in [2.05, 4.69) is 26.2 Å². The summed E-state index contributed by atoms with van der Waals surface area (Å²) in [5.41, 5.74) is 3.97. The van der Waals surface area contributed by atoms with E-state index in [1.807, 2.05) is 61.7 Å². The van der Waals surface area contributed by atoms with Crippen molar-refractivity contribution in [1.29, 1.82) is 0 Å². The zero-order chi connectivity index (χ0) is 20.8. The number of ether oxygens (including phenoxy) is 1. The number of hydrogen-bond acceptors (Lipinski definition) is 6. The van der Waals surface area contributed by atoms with Crippen LogP contribution in [0, 0.1) is 13.8 Å². The molecule has 0 aliphatic carbocycles. The van der Waals surface area contributed by atoms with Crippen molar-refractivity contribution in [2.45, 2.75) is 18.7 Å². The van der Waals surface area contributed by atoms with E-state index in [1.54, 1.807) is 0 Å². The van der Waals surface area contributed by atoms with Crippen LogP contribution < -0.4 is 5.32 Å². The minimum Gasteiger partial charge on any atom is -0.455 e. The molecule has 2 aromatic carbocycles. The van der Waals surface area contributed by atoms with Crippen LogP contribution in [0.25, 0.3) is 11.3 Å². The number of amides is 1. The number of carbonyl (C=O) groups excluding carboxylic acids is 2. The fourth-order valence-corrected chi connectivity index (χ4v) is 4.51. The van der Waals surface area contributed by atoms with Crippen molar-refractivity contribution in [3.63, 3.8) is 0 Å². The summed E-state index contributed by atoms with van der Waals surface area (Å²) in [6.07, 6.45) is 0. The predicted octanol–water partition coefficient (Wildman–Crippen LogP) is 5.46. The number of anilines is 1. The maximum atomic E-state index is 12.1. The summed E-state index contributed by atoms with van der Waals surface area (Å²) < 4.78 is 6.03. The lowest BCUT2D eigenvalue weighted by atomic mass is 10.2. The van der Waals surface area contributed by atoms with Gasteiger partial charge in [-0.25, -0.2) is 4.98 Å². The molecule has 5 nitrogen and oxygen atoms in total. The third kappa shape index (κ3) is 6.42.